The maximum absolute atomic E-state index is 11.3. The molecule has 0 saturated heterocycles. The van der Waals surface area contributed by atoms with Gasteiger partial charge in [-0.05, 0) is 35.1 Å². The molecular weight excluding hydrogens is 208 g/mol. The van der Waals surface area contributed by atoms with Crippen LogP contribution in [0.5, 0.6) is 0 Å². The van der Waals surface area contributed by atoms with Gasteiger partial charge in [0, 0.05) is 13.1 Å². The van der Waals surface area contributed by atoms with Crippen LogP contribution in [0.15, 0.2) is 0 Å². The van der Waals surface area contributed by atoms with Crippen LogP contribution < -0.4 is 0 Å². The summed E-state index contributed by atoms with van der Waals surface area (Å²) in [6.07, 6.45) is -0.339. The average Bonchev–Trinajstić information content (AvgIpc) is 1.97. The fourth-order valence-corrected chi connectivity index (χ4v) is 1.38. The van der Waals surface area contributed by atoms with Crippen LogP contribution in [0, 0.1) is 0 Å². The van der Waals surface area contributed by atoms with Crippen molar-refractivity contribution in [1.29, 1.82) is 0 Å². The predicted molar refractivity (Wildman–Crippen MR) is 62.3 cm³/mol. The van der Waals surface area contributed by atoms with Crippen molar-refractivity contribution in [3.05, 3.63) is 0 Å². The second-order valence-electron chi connectivity index (χ2n) is 4.52. The molecule has 0 spiro atoms. The van der Waals surface area contributed by atoms with Gasteiger partial charge in [0.25, 0.3) is 0 Å². The van der Waals surface area contributed by atoms with Gasteiger partial charge in [-0.3, -0.25) is 9.59 Å². The lowest BCUT2D eigenvalue weighted by molar-refractivity contribution is -0.151. The zero-order chi connectivity index (χ0) is 12.7. The summed E-state index contributed by atoms with van der Waals surface area (Å²) >= 11 is 0. The summed E-state index contributed by atoms with van der Waals surface area (Å²) in [4.78, 5) is 26.0. The number of ether oxygens (including phenoxy) is 1. The Kier molecular flexibility index (Phi) is 6.92. The predicted octanol–water partition coefficient (Wildman–Crippen LogP) is 0.000500. The van der Waals surface area contributed by atoms with E-state index in [0.29, 0.717) is 13.1 Å². The molecule has 0 unspecified atom stereocenters. The van der Waals surface area contributed by atoms with E-state index in [1.54, 1.807) is 0 Å². The number of hydrogen-bond donors (Lipinski definition) is 0. The van der Waals surface area contributed by atoms with E-state index in [9.17, 15) is 9.59 Å². The molecule has 0 radical (unpaired) electrons. The number of likely N-dealkylation sites (N-methyl/N-ethyl adjacent to an activating group) is 2. The van der Waals surface area contributed by atoms with E-state index in [1.165, 1.54) is 6.92 Å². The molecule has 0 aromatic carbocycles. The highest BCUT2D eigenvalue weighted by Gasteiger charge is 2.17. The molecule has 0 aromatic rings. The molecule has 0 atom stereocenters. The van der Waals surface area contributed by atoms with E-state index in [0.717, 1.165) is 0 Å². The Morgan fingerprint density at radius 1 is 1.06 bits per heavy atom. The third kappa shape index (κ3) is 8.38. The lowest BCUT2D eigenvalue weighted by Gasteiger charge is -2.24. The maximum atomic E-state index is 11.3. The van der Waals surface area contributed by atoms with Gasteiger partial charge >= 0.3 is 5.97 Å². The number of rotatable bonds is 7. The normalized spacial score (nSPS) is 11.2. The van der Waals surface area contributed by atoms with Crippen molar-refractivity contribution < 1.29 is 14.3 Å². The first-order valence-electron chi connectivity index (χ1n) is 5.29. The van der Waals surface area contributed by atoms with Gasteiger partial charge in [0.15, 0.2) is 0 Å². The first-order valence-corrected chi connectivity index (χ1v) is 5.29. The number of hydrogen-bond acceptors (Lipinski definition) is 5. The van der Waals surface area contributed by atoms with Gasteiger partial charge in [-0.15, -0.1) is 0 Å². The van der Waals surface area contributed by atoms with Crippen LogP contribution >= 0.6 is 0 Å². The fourth-order valence-electron chi connectivity index (χ4n) is 1.38. The Morgan fingerprint density at radius 3 is 1.81 bits per heavy atom. The van der Waals surface area contributed by atoms with Crippen LogP contribution in [0.2, 0.25) is 0 Å². The molecular formula is C11H22N2O3. The molecule has 0 aliphatic carbocycles. The van der Waals surface area contributed by atoms with Crippen molar-refractivity contribution >= 4 is 11.8 Å². The molecule has 5 heteroatoms. The second-order valence-corrected chi connectivity index (χ2v) is 4.52. The standard InChI is InChI=1S/C11H22N2O3/c1-9(14)6-11(15)16-10(7-12(2)3)8-13(4)5/h10H,6-8H2,1-5H3. The number of ketones is 1. The molecule has 0 heterocycles. The van der Waals surface area contributed by atoms with Gasteiger partial charge in [-0.1, -0.05) is 0 Å². The Hall–Kier alpha value is -0.940. The number of nitrogens with zero attached hydrogens (tertiary/aromatic N) is 2. The van der Waals surface area contributed by atoms with Gasteiger partial charge in [0.05, 0.1) is 0 Å². The zero-order valence-corrected chi connectivity index (χ0v) is 10.8. The Morgan fingerprint density at radius 2 is 1.50 bits per heavy atom. The summed E-state index contributed by atoms with van der Waals surface area (Å²) in [6, 6.07) is 0. The minimum atomic E-state index is -0.443. The molecule has 0 fully saturated rings. The SMILES string of the molecule is CC(=O)CC(=O)OC(CN(C)C)CN(C)C. The summed E-state index contributed by atoms with van der Waals surface area (Å²) in [5.41, 5.74) is 0. The number of carbonyl (C=O) groups is 2. The summed E-state index contributed by atoms with van der Waals surface area (Å²) in [5.74, 6) is -0.611. The van der Waals surface area contributed by atoms with Crippen LogP contribution in [-0.2, 0) is 14.3 Å². The van der Waals surface area contributed by atoms with Crippen molar-refractivity contribution in [2.75, 3.05) is 41.3 Å². The molecule has 0 amide bonds. The van der Waals surface area contributed by atoms with E-state index in [2.05, 4.69) is 0 Å². The van der Waals surface area contributed by atoms with Gasteiger partial charge in [0.2, 0.25) is 0 Å². The molecule has 0 saturated carbocycles. The van der Waals surface area contributed by atoms with Gasteiger partial charge in [-0.25, -0.2) is 0 Å². The minimum absolute atomic E-state index is 0.142. The molecule has 0 aliphatic heterocycles. The smallest absolute Gasteiger partial charge is 0.313 e. The van der Waals surface area contributed by atoms with Gasteiger partial charge < -0.3 is 14.5 Å². The third-order valence-electron chi connectivity index (χ3n) is 1.83. The summed E-state index contributed by atoms with van der Waals surface area (Å²) < 4.78 is 5.24. The largest absolute Gasteiger partial charge is 0.459 e. The van der Waals surface area contributed by atoms with E-state index in [1.807, 2.05) is 38.0 Å². The summed E-state index contributed by atoms with van der Waals surface area (Å²) in [7, 11) is 7.67. The topological polar surface area (TPSA) is 49.9 Å². The minimum Gasteiger partial charge on any atom is -0.459 e. The number of carbonyl (C=O) groups excluding carboxylic acids is 2. The molecule has 16 heavy (non-hydrogen) atoms. The van der Waals surface area contributed by atoms with Gasteiger partial charge in [0.1, 0.15) is 18.3 Å². The van der Waals surface area contributed by atoms with Crippen molar-refractivity contribution in [2.45, 2.75) is 19.4 Å². The highest BCUT2D eigenvalue weighted by atomic mass is 16.5. The molecule has 94 valence electrons. The maximum Gasteiger partial charge on any atom is 0.313 e. The lowest BCUT2D eigenvalue weighted by Crippen LogP contribution is -2.38. The first-order chi connectivity index (χ1) is 7.31. The number of esters is 1. The quantitative estimate of drug-likeness (QED) is 0.455. The van der Waals surface area contributed by atoms with Crippen molar-refractivity contribution in [2.24, 2.45) is 0 Å². The van der Waals surface area contributed by atoms with Crippen LogP contribution in [0.4, 0.5) is 0 Å². The van der Waals surface area contributed by atoms with Crippen LogP contribution in [-0.4, -0.2) is 68.9 Å². The van der Waals surface area contributed by atoms with E-state index in [-0.39, 0.29) is 18.3 Å². The van der Waals surface area contributed by atoms with Gasteiger partial charge in [-0.2, -0.15) is 0 Å². The zero-order valence-electron chi connectivity index (χ0n) is 10.8. The third-order valence-corrected chi connectivity index (χ3v) is 1.83. The molecule has 0 N–H and O–H groups in total. The summed E-state index contributed by atoms with van der Waals surface area (Å²) in [6.45, 7) is 2.69. The molecule has 0 bridgehead atoms. The van der Waals surface area contributed by atoms with Crippen LogP contribution in [0.1, 0.15) is 13.3 Å². The lowest BCUT2D eigenvalue weighted by atomic mass is 10.3. The van der Waals surface area contributed by atoms with E-state index < -0.39 is 5.97 Å². The fraction of sp³-hybridized carbons (Fsp3) is 0.818. The van der Waals surface area contributed by atoms with E-state index in [4.69, 9.17) is 4.74 Å². The van der Waals surface area contributed by atoms with Crippen molar-refractivity contribution in [1.82, 2.24) is 9.80 Å². The monoisotopic (exact) mass is 230 g/mol. The van der Waals surface area contributed by atoms with Crippen LogP contribution in [0.3, 0.4) is 0 Å². The molecule has 0 rings (SSSR count). The molecule has 5 nitrogen and oxygen atoms in total. The molecule has 0 aliphatic rings. The average molecular weight is 230 g/mol. The highest BCUT2D eigenvalue weighted by Crippen LogP contribution is 1.99. The molecule has 0 aromatic heterocycles. The first kappa shape index (κ1) is 15.1. The van der Waals surface area contributed by atoms with Crippen LogP contribution in [0.25, 0.3) is 0 Å². The van der Waals surface area contributed by atoms with Crippen molar-refractivity contribution in [3.63, 3.8) is 0 Å². The highest BCUT2D eigenvalue weighted by molar-refractivity contribution is 5.94. The van der Waals surface area contributed by atoms with Crippen molar-refractivity contribution in [3.8, 4) is 0 Å². The Labute approximate surface area is 97.3 Å². The second kappa shape index (κ2) is 7.35. The Balaban J connectivity index is 4.18. The van der Waals surface area contributed by atoms with E-state index >= 15 is 0 Å². The Bertz CT molecular complexity index is 229. The summed E-state index contributed by atoms with van der Waals surface area (Å²) in [5, 5.41) is 0. The number of Topliss-reactive ketones (excluding diaryl/α,β-unsaturated/α-hetero) is 1.